The predicted octanol–water partition coefficient (Wildman–Crippen LogP) is 2.42. The summed E-state index contributed by atoms with van der Waals surface area (Å²) in [7, 11) is 2.10. The van der Waals surface area contributed by atoms with Crippen LogP contribution in [0.15, 0.2) is 18.2 Å². The minimum Gasteiger partial charge on any atom is -0.331 e. The number of aromatic nitrogens is 2. The van der Waals surface area contributed by atoms with Crippen LogP contribution in [0.4, 0.5) is 0 Å². The summed E-state index contributed by atoms with van der Waals surface area (Å²) in [5.41, 5.74) is 3.61. The van der Waals surface area contributed by atoms with E-state index in [-0.39, 0.29) is 0 Å². The normalized spacial score (nSPS) is 11.6. The number of benzene rings is 1. The molecule has 1 heterocycles. The summed E-state index contributed by atoms with van der Waals surface area (Å²) in [6.45, 7) is 7.43. The van der Waals surface area contributed by atoms with Gasteiger partial charge in [-0.1, -0.05) is 19.9 Å². The van der Waals surface area contributed by atoms with Crippen molar-refractivity contribution < 1.29 is 0 Å². The van der Waals surface area contributed by atoms with Gasteiger partial charge in [-0.15, -0.1) is 0 Å². The summed E-state index contributed by atoms with van der Waals surface area (Å²) in [4.78, 5) is 4.67. The van der Waals surface area contributed by atoms with Crippen LogP contribution in [-0.4, -0.2) is 22.1 Å². The molecule has 0 fully saturated rings. The topological polar surface area (TPSA) is 29.9 Å². The number of hydrogen-bond donors (Lipinski definition) is 1. The number of rotatable bonds is 4. The molecule has 1 N–H and O–H groups in total. The van der Waals surface area contributed by atoms with Gasteiger partial charge in [-0.05, 0) is 24.6 Å². The van der Waals surface area contributed by atoms with Gasteiger partial charge in [0.1, 0.15) is 5.82 Å². The first kappa shape index (κ1) is 12.1. The van der Waals surface area contributed by atoms with E-state index in [0.717, 1.165) is 24.3 Å². The van der Waals surface area contributed by atoms with Crippen molar-refractivity contribution in [2.75, 3.05) is 6.54 Å². The lowest BCUT2D eigenvalue weighted by molar-refractivity contribution is 0.578. The zero-order valence-electron chi connectivity index (χ0n) is 11.1. The maximum Gasteiger partial charge on any atom is 0.110 e. The van der Waals surface area contributed by atoms with Gasteiger partial charge in [-0.3, -0.25) is 0 Å². The van der Waals surface area contributed by atoms with E-state index < -0.39 is 0 Å². The first-order chi connectivity index (χ1) is 8.08. The van der Waals surface area contributed by atoms with Crippen molar-refractivity contribution in [3.8, 4) is 0 Å². The van der Waals surface area contributed by atoms with Crippen LogP contribution < -0.4 is 5.32 Å². The maximum absolute atomic E-state index is 4.67. The molecule has 0 aliphatic rings. The maximum atomic E-state index is 4.67. The van der Waals surface area contributed by atoms with E-state index in [1.54, 1.807) is 0 Å². The smallest absolute Gasteiger partial charge is 0.110 e. The molecule has 3 heteroatoms. The largest absolute Gasteiger partial charge is 0.331 e. The van der Waals surface area contributed by atoms with Gasteiger partial charge in [-0.25, -0.2) is 4.98 Å². The number of fused-ring (bicyclic) bond motifs is 1. The minimum atomic E-state index is 0.534. The highest BCUT2D eigenvalue weighted by Gasteiger charge is 2.07. The lowest BCUT2D eigenvalue weighted by Crippen LogP contribution is -2.25. The fourth-order valence-corrected chi connectivity index (χ4v) is 2.05. The van der Waals surface area contributed by atoms with Gasteiger partial charge in [0, 0.05) is 26.1 Å². The summed E-state index contributed by atoms with van der Waals surface area (Å²) in [5, 5.41) is 3.42. The molecule has 92 valence electrons. The Balaban J connectivity index is 2.20. The minimum absolute atomic E-state index is 0.534. The quantitative estimate of drug-likeness (QED) is 0.875. The zero-order chi connectivity index (χ0) is 12.4. The van der Waals surface area contributed by atoms with Gasteiger partial charge in [0.2, 0.25) is 0 Å². The van der Waals surface area contributed by atoms with Gasteiger partial charge in [0.25, 0.3) is 0 Å². The molecule has 3 nitrogen and oxygen atoms in total. The fraction of sp³-hybridized carbons (Fsp3) is 0.500. The number of nitrogens with zero attached hydrogens (tertiary/aromatic N) is 2. The van der Waals surface area contributed by atoms with Gasteiger partial charge < -0.3 is 9.88 Å². The van der Waals surface area contributed by atoms with E-state index in [9.17, 15) is 0 Å². The van der Waals surface area contributed by atoms with E-state index in [1.807, 2.05) is 0 Å². The highest BCUT2D eigenvalue weighted by molar-refractivity contribution is 5.76. The molecule has 0 bridgehead atoms. The number of imidazole rings is 1. The number of aryl methyl sites for hydroxylation is 2. The van der Waals surface area contributed by atoms with Crippen LogP contribution in [-0.2, 0) is 13.5 Å². The highest BCUT2D eigenvalue weighted by atomic mass is 15.1. The molecule has 2 aromatic rings. The summed E-state index contributed by atoms with van der Waals surface area (Å²) in [6, 6.07) is 6.95. The van der Waals surface area contributed by atoms with Crippen LogP contribution in [0.2, 0.25) is 0 Å². The van der Waals surface area contributed by atoms with Crippen molar-refractivity contribution in [1.82, 2.24) is 14.9 Å². The Morgan fingerprint density at radius 3 is 2.82 bits per heavy atom. The first-order valence-corrected chi connectivity index (χ1v) is 6.23. The Labute approximate surface area is 103 Å². The third-order valence-electron chi connectivity index (χ3n) is 3.03. The van der Waals surface area contributed by atoms with E-state index in [1.165, 1.54) is 11.1 Å². The Bertz CT molecular complexity index is 511. The number of nitrogens with one attached hydrogen (secondary N) is 1. The fourth-order valence-electron chi connectivity index (χ4n) is 2.05. The Morgan fingerprint density at radius 1 is 1.35 bits per heavy atom. The SMILES string of the molecule is Cc1ccc2nc(CCNC(C)C)n(C)c2c1. The monoisotopic (exact) mass is 231 g/mol. The molecule has 0 aliphatic heterocycles. The van der Waals surface area contributed by atoms with E-state index in [4.69, 9.17) is 0 Å². The Hall–Kier alpha value is -1.35. The average Bonchev–Trinajstić information content (AvgIpc) is 2.56. The van der Waals surface area contributed by atoms with Crippen molar-refractivity contribution in [3.63, 3.8) is 0 Å². The summed E-state index contributed by atoms with van der Waals surface area (Å²) in [6.07, 6.45) is 0.975. The number of hydrogen-bond acceptors (Lipinski definition) is 2. The lowest BCUT2D eigenvalue weighted by atomic mass is 10.2. The molecule has 1 aromatic carbocycles. The predicted molar refractivity (Wildman–Crippen MR) is 72.3 cm³/mol. The lowest BCUT2D eigenvalue weighted by Gasteiger charge is -2.07. The molecular weight excluding hydrogens is 210 g/mol. The summed E-state index contributed by atoms with van der Waals surface area (Å²) in [5.74, 6) is 1.15. The summed E-state index contributed by atoms with van der Waals surface area (Å²) >= 11 is 0. The van der Waals surface area contributed by atoms with Crippen LogP contribution in [0, 0.1) is 6.92 Å². The second-order valence-electron chi connectivity index (χ2n) is 4.94. The van der Waals surface area contributed by atoms with Crippen LogP contribution in [0.3, 0.4) is 0 Å². The van der Waals surface area contributed by atoms with E-state index >= 15 is 0 Å². The van der Waals surface area contributed by atoms with Crippen molar-refractivity contribution >= 4 is 11.0 Å². The van der Waals surface area contributed by atoms with Crippen molar-refractivity contribution in [2.24, 2.45) is 7.05 Å². The molecular formula is C14H21N3. The second-order valence-corrected chi connectivity index (χ2v) is 4.94. The van der Waals surface area contributed by atoms with Crippen LogP contribution in [0.1, 0.15) is 25.2 Å². The third kappa shape index (κ3) is 2.67. The van der Waals surface area contributed by atoms with Crippen molar-refractivity contribution in [1.29, 1.82) is 0 Å². The van der Waals surface area contributed by atoms with Crippen LogP contribution in [0.25, 0.3) is 11.0 Å². The average molecular weight is 231 g/mol. The first-order valence-electron chi connectivity index (χ1n) is 6.23. The Kier molecular flexibility index (Phi) is 3.48. The third-order valence-corrected chi connectivity index (χ3v) is 3.03. The molecule has 0 saturated heterocycles. The van der Waals surface area contributed by atoms with E-state index in [0.29, 0.717) is 6.04 Å². The van der Waals surface area contributed by atoms with Crippen molar-refractivity contribution in [2.45, 2.75) is 33.2 Å². The van der Waals surface area contributed by atoms with Crippen LogP contribution in [0.5, 0.6) is 0 Å². The summed E-state index contributed by atoms with van der Waals surface area (Å²) < 4.78 is 2.20. The molecule has 17 heavy (non-hydrogen) atoms. The molecule has 0 radical (unpaired) electrons. The molecule has 0 spiro atoms. The van der Waals surface area contributed by atoms with E-state index in [2.05, 4.69) is 60.9 Å². The zero-order valence-corrected chi connectivity index (χ0v) is 11.1. The van der Waals surface area contributed by atoms with Gasteiger partial charge in [-0.2, -0.15) is 0 Å². The highest BCUT2D eigenvalue weighted by Crippen LogP contribution is 2.16. The van der Waals surface area contributed by atoms with Gasteiger partial charge in [0.05, 0.1) is 11.0 Å². The molecule has 0 aliphatic carbocycles. The standard InChI is InChI=1S/C14H21N3/c1-10(2)15-8-7-14-16-12-6-5-11(3)9-13(12)17(14)4/h5-6,9-10,15H,7-8H2,1-4H3. The molecule has 0 amide bonds. The molecule has 0 atom stereocenters. The molecule has 2 rings (SSSR count). The second kappa shape index (κ2) is 4.88. The molecule has 0 saturated carbocycles. The molecule has 0 unspecified atom stereocenters. The van der Waals surface area contributed by atoms with Gasteiger partial charge >= 0.3 is 0 Å². The van der Waals surface area contributed by atoms with Crippen molar-refractivity contribution in [3.05, 3.63) is 29.6 Å². The van der Waals surface area contributed by atoms with Gasteiger partial charge in [0.15, 0.2) is 0 Å². The Morgan fingerprint density at radius 2 is 2.12 bits per heavy atom. The molecule has 1 aromatic heterocycles. The van der Waals surface area contributed by atoms with Crippen LogP contribution >= 0.6 is 0 Å².